The molecule has 0 radical (unpaired) electrons. The van der Waals surface area contributed by atoms with Gasteiger partial charge >= 0.3 is 5.69 Å². The topological polar surface area (TPSA) is 76.5 Å². The normalized spacial score (nSPS) is 18.2. The van der Waals surface area contributed by atoms with E-state index in [1.807, 2.05) is 6.92 Å². The zero-order valence-electron chi connectivity index (χ0n) is 11.5. The summed E-state index contributed by atoms with van der Waals surface area (Å²) in [5, 5.41) is 8.58. The summed E-state index contributed by atoms with van der Waals surface area (Å²) in [5.74, 6) is 1.25. The molecule has 2 aliphatic carbocycles. The maximum Gasteiger partial charge on any atom is 0.344 e. The number of rotatable bonds is 4. The van der Waals surface area contributed by atoms with Crippen LogP contribution in [0.3, 0.4) is 0 Å². The summed E-state index contributed by atoms with van der Waals surface area (Å²) in [6.07, 6.45) is 4.31. The first-order valence-corrected chi connectivity index (χ1v) is 8.21. The average molecular weight is 324 g/mol. The van der Waals surface area contributed by atoms with Crippen LogP contribution in [0.15, 0.2) is 15.0 Å². The number of hydrogen-bond donors (Lipinski definition) is 1. The smallest absolute Gasteiger partial charge is 0.267 e. The van der Waals surface area contributed by atoms with Crippen LogP contribution in [0.4, 0.5) is 0 Å². The Balaban J connectivity index is 1.72. The molecule has 2 aromatic rings. The molecule has 0 spiro atoms. The molecule has 0 atom stereocenters. The minimum Gasteiger partial charge on any atom is -0.267 e. The molecular formula is C13H14ClN5OS. The molecule has 0 aliphatic heterocycles. The van der Waals surface area contributed by atoms with Gasteiger partial charge in [-0.1, -0.05) is 11.6 Å². The second kappa shape index (κ2) is 4.84. The van der Waals surface area contributed by atoms with Crippen LogP contribution >= 0.6 is 23.4 Å². The maximum atomic E-state index is 11.8. The predicted molar refractivity (Wildman–Crippen MR) is 79.0 cm³/mol. The van der Waals surface area contributed by atoms with Gasteiger partial charge in [0, 0.05) is 17.5 Å². The first-order valence-electron chi connectivity index (χ1n) is 7.02. The summed E-state index contributed by atoms with van der Waals surface area (Å²) in [4.78, 5) is 20.8. The lowest BCUT2D eigenvalue weighted by atomic mass is 10.3. The Bertz CT molecular complexity index is 762. The molecule has 0 bridgehead atoms. The Morgan fingerprint density at radius 1 is 1.29 bits per heavy atom. The van der Waals surface area contributed by atoms with Gasteiger partial charge in [-0.2, -0.15) is 0 Å². The summed E-state index contributed by atoms with van der Waals surface area (Å²) in [6.45, 7) is 1.90. The summed E-state index contributed by atoms with van der Waals surface area (Å²) >= 11 is 7.60. The second-order valence-corrected chi connectivity index (χ2v) is 6.91. The van der Waals surface area contributed by atoms with Gasteiger partial charge in [0.1, 0.15) is 16.0 Å². The molecular weight excluding hydrogens is 310 g/mol. The molecule has 2 aliphatic rings. The summed E-state index contributed by atoms with van der Waals surface area (Å²) in [7, 11) is 0. The molecule has 6 nitrogen and oxygen atoms in total. The van der Waals surface area contributed by atoms with Gasteiger partial charge in [-0.05, 0) is 44.4 Å². The third-order valence-corrected chi connectivity index (χ3v) is 5.20. The van der Waals surface area contributed by atoms with Crippen molar-refractivity contribution in [3.63, 3.8) is 0 Å². The average Bonchev–Trinajstić information content (AvgIpc) is 3.34. The van der Waals surface area contributed by atoms with E-state index < -0.39 is 0 Å². The Morgan fingerprint density at radius 2 is 2.05 bits per heavy atom. The highest BCUT2D eigenvalue weighted by molar-refractivity contribution is 7.99. The predicted octanol–water partition coefficient (Wildman–Crippen LogP) is 2.69. The Kier molecular flexibility index (Phi) is 3.08. The summed E-state index contributed by atoms with van der Waals surface area (Å²) in [6, 6.07) is 0.277. The summed E-state index contributed by atoms with van der Waals surface area (Å²) < 4.78 is 1.72. The molecule has 4 rings (SSSR count). The van der Waals surface area contributed by atoms with Gasteiger partial charge in [0.15, 0.2) is 5.16 Å². The molecule has 2 saturated carbocycles. The van der Waals surface area contributed by atoms with Crippen LogP contribution in [-0.2, 0) is 0 Å². The van der Waals surface area contributed by atoms with Crippen molar-refractivity contribution in [2.24, 2.45) is 0 Å². The van der Waals surface area contributed by atoms with Gasteiger partial charge in [-0.15, -0.1) is 5.10 Å². The number of hydrogen-bond acceptors (Lipinski definition) is 5. The second-order valence-electron chi connectivity index (χ2n) is 5.59. The first-order chi connectivity index (χ1) is 10.1. The molecule has 110 valence electrons. The Morgan fingerprint density at radius 3 is 2.71 bits per heavy atom. The number of aromatic amines is 1. The van der Waals surface area contributed by atoms with Gasteiger partial charge < -0.3 is 0 Å². The minimum absolute atomic E-state index is 0.153. The third kappa shape index (κ3) is 2.48. The van der Waals surface area contributed by atoms with Crippen LogP contribution in [-0.4, -0.2) is 24.7 Å². The lowest BCUT2D eigenvalue weighted by Crippen LogP contribution is -2.16. The van der Waals surface area contributed by atoms with Crippen molar-refractivity contribution in [1.82, 2.24) is 24.7 Å². The molecule has 8 heteroatoms. The Hall–Kier alpha value is -1.34. The molecule has 0 amide bonds. The molecule has 1 N–H and O–H groups in total. The third-order valence-electron chi connectivity index (χ3n) is 3.77. The zero-order chi connectivity index (χ0) is 14.6. The molecule has 2 aromatic heterocycles. The van der Waals surface area contributed by atoms with Crippen molar-refractivity contribution in [1.29, 1.82) is 0 Å². The van der Waals surface area contributed by atoms with Crippen LogP contribution in [0.5, 0.6) is 0 Å². The van der Waals surface area contributed by atoms with Crippen LogP contribution in [0.2, 0.25) is 5.15 Å². The van der Waals surface area contributed by atoms with E-state index in [0.717, 1.165) is 42.1 Å². The van der Waals surface area contributed by atoms with E-state index in [4.69, 9.17) is 11.6 Å². The minimum atomic E-state index is -0.153. The lowest BCUT2D eigenvalue weighted by molar-refractivity contribution is 0.641. The first kappa shape index (κ1) is 13.3. The van der Waals surface area contributed by atoms with Crippen molar-refractivity contribution in [2.75, 3.05) is 0 Å². The van der Waals surface area contributed by atoms with Crippen molar-refractivity contribution in [3.8, 4) is 0 Å². The quantitative estimate of drug-likeness (QED) is 0.875. The highest BCUT2D eigenvalue weighted by Crippen LogP contribution is 2.41. The SMILES string of the molecule is Cc1c(Cl)nc(C2CC2)nc1Sc1n[nH]c(=O)n1C1CC1. The van der Waals surface area contributed by atoms with Crippen LogP contribution in [0, 0.1) is 6.92 Å². The van der Waals surface area contributed by atoms with E-state index in [1.165, 1.54) is 11.8 Å². The molecule has 2 fully saturated rings. The number of nitrogens with zero attached hydrogens (tertiary/aromatic N) is 4. The van der Waals surface area contributed by atoms with Gasteiger partial charge in [-0.25, -0.2) is 19.9 Å². The van der Waals surface area contributed by atoms with Crippen LogP contribution < -0.4 is 5.69 Å². The van der Waals surface area contributed by atoms with Crippen molar-refractivity contribution in [2.45, 2.75) is 54.7 Å². The van der Waals surface area contributed by atoms with Crippen molar-refractivity contribution >= 4 is 23.4 Å². The van der Waals surface area contributed by atoms with E-state index in [2.05, 4.69) is 20.2 Å². The van der Waals surface area contributed by atoms with Gasteiger partial charge in [-0.3, -0.25) is 4.57 Å². The number of aromatic nitrogens is 5. The molecule has 21 heavy (non-hydrogen) atoms. The van der Waals surface area contributed by atoms with Gasteiger partial charge in [0.25, 0.3) is 0 Å². The largest absolute Gasteiger partial charge is 0.344 e. The monoisotopic (exact) mass is 323 g/mol. The lowest BCUT2D eigenvalue weighted by Gasteiger charge is -2.08. The number of H-pyrrole nitrogens is 1. The van der Waals surface area contributed by atoms with Crippen molar-refractivity contribution < 1.29 is 0 Å². The van der Waals surface area contributed by atoms with E-state index in [-0.39, 0.29) is 11.7 Å². The van der Waals surface area contributed by atoms with Gasteiger partial charge in [0.2, 0.25) is 0 Å². The molecule has 0 saturated heterocycles. The van der Waals surface area contributed by atoms with E-state index in [0.29, 0.717) is 16.2 Å². The molecule has 0 unspecified atom stereocenters. The fraction of sp³-hybridized carbons (Fsp3) is 0.538. The Labute approximate surface area is 130 Å². The fourth-order valence-corrected chi connectivity index (χ4v) is 3.43. The fourth-order valence-electron chi connectivity index (χ4n) is 2.21. The maximum absolute atomic E-state index is 11.8. The van der Waals surface area contributed by atoms with E-state index >= 15 is 0 Å². The van der Waals surface area contributed by atoms with E-state index in [9.17, 15) is 4.79 Å². The molecule has 0 aromatic carbocycles. The van der Waals surface area contributed by atoms with E-state index in [1.54, 1.807) is 4.57 Å². The highest BCUT2D eigenvalue weighted by Gasteiger charge is 2.31. The zero-order valence-corrected chi connectivity index (χ0v) is 13.0. The van der Waals surface area contributed by atoms with Gasteiger partial charge in [0.05, 0.1) is 0 Å². The van der Waals surface area contributed by atoms with Crippen LogP contribution in [0.1, 0.15) is 49.0 Å². The van der Waals surface area contributed by atoms with Crippen molar-refractivity contribution in [3.05, 3.63) is 27.0 Å². The standard InChI is InChI=1S/C13H14ClN5OS/c1-6-9(14)15-10(7-2-3-7)16-11(6)21-13-18-17-12(20)19(13)8-4-5-8/h7-8H,2-5H2,1H3,(H,17,20). The van der Waals surface area contributed by atoms with Crippen LogP contribution in [0.25, 0.3) is 0 Å². The number of nitrogens with one attached hydrogen (secondary N) is 1. The summed E-state index contributed by atoms with van der Waals surface area (Å²) in [5.41, 5.74) is 0.684. The highest BCUT2D eigenvalue weighted by atomic mass is 35.5. The number of halogens is 1. The molecule has 2 heterocycles.